The van der Waals surface area contributed by atoms with Gasteiger partial charge >= 0.3 is 8.80 Å². The molecule has 0 aliphatic carbocycles. The Labute approximate surface area is 115 Å². The highest BCUT2D eigenvalue weighted by Crippen LogP contribution is 2.10. The molecule has 19 heavy (non-hydrogen) atoms. The SMILES string of the molecule is CO[Si](C)(OC)OCCCC(O)Nc1ccccc1. The molecule has 0 fully saturated rings. The van der Waals surface area contributed by atoms with Crippen LogP contribution in [0.4, 0.5) is 5.69 Å². The molecule has 0 aliphatic heterocycles. The van der Waals surface area contributed by atoms with E-state index in [-0.39, 0.29) is 0 Å². The number of para-hydroxylation sites is 1. The van der Waals surface area contributed by atoms with Crippen molar-refractivity contribution in [3.05, 3.63) is 30.3 Å². The Balaban J connectivity index is 2.19. The van der Waals surface area contributed by atoms with E-state index in [1.807, 2.05) is 36.9 Å². The van der Waals surface area contributed by atoms with Gasteiger partial charge in [0.1, 0.15) is 6.23 Å². The van der Waals surface area contributed by atoms with Crippen molar-refractivity contribution in [1.29, 1.82) is 0 Å². The Kier molecular flexibility index (Phi) is 7.04. The molecule has 0 radical (unpaired) electrons. The minimum Gasteiger partial charge on any atom is -0.377 e. The molecule has 0 heterocycles. The van der Waals surface area contributed by atoms with Crippen LogP contribution in [0.1, 0.15) is 12.8 Å². The molecule has 0 aliphatic rings. The highest BCUT2D eigenvalue weighted by Gasteiger charge is 2.31. The van der Waals surface area contributed by atoms with Crippen molar-refractivity contribution in [3.63, 3.8) is 0 Å². The van der Waals surface area contributed by atoms with Gasteiger partial charge in [-0.05, 0) is 25.0 Å². The van der Waals surface area contributed by atoms with Crippen LogP contribution in [-0.4, -0.2) is 41.0 Å². The third-order valence-corrected chi connectivity index (χ3v) is 5.05. The highest BCUT2D eigenvalue weighted by atomic mass is 28.4. The topological polar surface area (TPSA) is 60.0 Å². The number of rotatable bonds is 9. The van der Waals surface area contributed by atoms with Crippen LogP contribution >= 0.6 is 0 Å². The number of hydrogen-bond donors (Lipinski definition) is 2. The van der Waals surface area contributed by atoms with Crippen LogP contribution < -0.4 is 5.32 Å². The third-order valence-electron chi connectivity index (χ3n) is 2.83. The van der Waals surface area contributed by atoms with Gasteiger partial charge in [-0.25, -0.2) is 0 Å². The molecular formula is C13H23NO4Si. The Morgan fingerprint density at radius 1 is 1.21 bits per heavy atom. The summed E-state index contributed by atoms with van der Waals surface area (Å²) >= 11 is 0. The molecule has 108 valence electrons. The molecule has 1 aromatic carbocycles. The summed E-state index contributed by atoms with van der Waals surface area (Å²) in [5, 5.41) is 12.8. The predicted molar refractivity (Wildman–Crippen MR) is 76.9 cm³/mol. The number of aliphatic hydroxyl groups is 1. The number of nitrogens with one attached hydrogen (secondary N) is 1. The monoisotopic (exact) mass is 285 g/mol. The molecule has 0 amide bonds. The molecule has 5 nitrogen and oxygen atoms in total. The van der Waals surface area contributed by atoms with Gasteiger partial charge in [-0.15, -0.1) is 0 Å². The summed E-state index contributed by atoms with van der Waals surface area (Å²) in [7, 11) is 0.724. The summed E-state index contributed by atoms with van der Waals surface area (Å²) in [6.07, 6.45) is 0.757. The summed E-state index contributed by atoms with van der Waals surface area (Å²) < 4.78 is 16.0. The molecule has 0 aromatic heterocycles. The van der Waals surface area contributed by atoms with Gasteiger partial charge in [-0.3, -0.25) is 0 Å². The molecule has 2 N–H and O–H groups in total. The highest BCUT2D eigenvalue weighted by molar-refractivity contribution is 6.59. The fourth-order valence-electron chi connectivity index (χ4n) is 1.53. The van der Waals surface area contributed by atoms with Crippen LogP contribution in [-0.2, 0) is 13.3 Å². The average Bonchev–Trinajstić information content (AvgIpc) is 2.44. The zero-order valence-electron chi connectivity index (χ0n) is 11.8. The normalized spacial score (nSPS) is 13.3. The van der Waals surface area contributed by atoms with Crippen LogP contribution in [0, 0.1) is 0 Å². The number of benzene rings is 1. The summed E-state index contributed by atoms with van der Waals surface area (Å²) in [5.74, 6) is 0. The zero-order chi connectivity index (χ0) is 14.1. The van der Waals surface area contributed by atoms with Crippen molar-refractivity contribution in [1.82, 2.24) is 0 Å². The van der Waals surface area contributed by atoms with Gasteiger partial charge < -0.3 is 23.7 Å². The lowest BCUT2D eigenvalue weighted by atomic mass is 10.2. The van der Waals surface area contributed by atoms with E-state index in [1.165, 1.54) is 0 Å². The van der Waals surface area contributed by atoms with Crippen molar-refractivity contribution < 1.29 is 18.4 Å². The lowest BCUT2D eigenvalue weighted by Gasteiger charge is -2.22. The standard InChI is InChI=1S/C13H23NO4Si/c1-16-19(3,17-2)18-11-7-10-13(15)14-12-8-5-4-6-9-12/h4-6,8-9,13-15H,7,10-11H2,1-3H3. The molecule has 6 heteroatoms. The zero-order valence-corrected chi connectivity index (χ0v) is 12.8. The average molecular weight is 285 g/mol. The quantitative estimate of drug-likeness (QED) is 0.413. The molecule has 0 bridgehead atoms. The lowest BCUT2D eigenvalue weighted by Crippen LogP contribution is -2.40. The van der Waals surface area contributed by atoms with Crippen molar-refractivity contribution in [2.24, 2.45) is 0 Å². The van der Waals surface area contributed by atoms with Crippen LogP contribution in [0.3, 0.4) is 0 Å². The first-order valence-electron chi connectivity index (χ1n) is 6.33. The number of aliphatic hydroxyl groups excluding tert-OH is 1. The van der Waals surface area contributed by atoms with E-state index >= 15 is 0 Å². The van der Waals surface area contributed by atoms with Gasteiger partial charge in [-0.1, -0.05) is 18.2 Å². The van der Waals surface area contributed by atoms with Gasteiger partial charge in [0, 0.05) is 33.1 Å². The van der Waals surface area contributed by atoms with E-state index in [9.17, 15) is 5.11 Å². The number of anilines is 1. The molecule has 1 atom stereocenters. The fourth-order valence-corrected chi connectivity index (χ4v) is 2.45. The third kappa shape index (κ3) is 6.17. The lowest BCUT2D eigenvalue weighted by molar-refractivity contribution is 0.0972. The Bertz CT molecular complexity index is 346. The summed E-state index contributed by atoms with van der Waals surface area (Å²) in [6, 6.07) is 9.62. The Morgan fingerprint density at radius 2 is 1.84 bits per heavy atom. The summed E-state index contributed by atoms with van der Waals surface area (Å²) in [5.41, 5.74) is 0.906. The van der Waals surface area contributed by atoms with Crippen LogP contribution in [0.5, 0.6) is 0 Å². The maximum atomic E-state index is 9.83. The molecule has 1 rings (SSSR count). The maximum Gasteiger partial charge on any atom is 0.497 e. The second kappa shape index (κ2) is 8.29. The molecule has 1 unspecified atom stereocenters. The molecule has 0 saturated carbocycles. The van der Waals surface area contributed by atoms with E-state index in [0.29, 0.717) is 13.0 Å². The molecular weight excluding hydrogens is 262 g/mol. The van der Waals surface area contributed by atoms with Crippen molar-refractivity contribution in [3.8, 4) is 0 Å². The first kappa shape index (κ1) is 16.1. The van der Waals surface area contributed by atoms with Gasteiger partial charge in [0.2, 0.25) is 0 Å². The first-order valence-corrected chi connectivity index (χ1v) is 8.56. The second-order valence-electron chi connectivity index (χ2n) is 4.29. The van der Waals surface area contributed by atoms with E-state index < -0.39 is 15.0 Å². The summed E-state index contributed by atoms with van der Waals surface area (Å²) in [6.45, 7) is 2.35. The minimum absolute atomic E-state index is 0.512. The predicted octanol–water partition coefficient (Wildman–Crippen LogP) is 2.08. The fraction of sp³-hybridized carbons (Fsp3) is 0.538. The van der Waals surface area contributed by atoms with E-state index in [2.05, 4.69) is 5.32 Å². The van der Waals surface area contributed by atoms with Gasteiger partial charge in [0.05, 0.1) is 0 Å². The van der Waals surface area contributed by atoms with E-state index in [1.54, 1.807) is 14.2 Å². The summed E-state index contributed by atoms with van der Waals surface area (Å²) in [4.78, 5) is 0. The van der Waals surface area contributed by atoms with E-state index in [0.717, 1.165) is 12.1 Å². The maximum absolute atomic E-state index is 9.83. The van der Waals surface area contributed by atoms with E-state index in [4.69, 9.17) is 13.3 Å². The number of hydrogen-bond acceptors (Lipinski definition) is 5. The molecule has 0 saturated heterocycles. The minimum atomic E-state index is -2.45. The molecule has 1 aromatic rings. The van der Waals surface area contributed by atoms with Crippen LogP contribution in [0.15, 0.2) is 30.3 Å². The second-order valence-corrected chi connectivity index (χ2v) is 7.12. The Hall–Kier alpha value is -0.923. The Morgan fingerprint density at radius 3 is 2.42 bits per heavy atom. The smallest absolute Gasteiger partial charge is 0.377 e. The van der Waals surface area contributed by atoms with Gasteiger partial charge in [0.15, 0.2) is 0 Å². The van der Waals surface area contributed by atoms with Gasteiger partial charge in [-0.2, -0.15) is 0 Å². The van der Waals surface area contributed by atoms with Crippen LogP contribution in [0.25, 0.3) is 0 Å². The first-order chi connectivity index (χ1) is 9.09. The van der Waals surface area contributed by atoms with Crippen molar-refractivity contribution in [2.75, 3.05) is 26.1 Å². The van der Waals surface area contributed by atoms with Crippen molar-refractivity contribution in [2.45, 2.75) is 25.6 Å². The molecule has 0 spiro atoms. The largest absolute Gasteiger partial charge is 0.497 e. The van der Waals surface area contributed by atoms with Crippen LogP contribution in [0.2, 0.25) is 6.55 Å². The van der Waals surface area contributed by atoms with Gasteiger partial charge in [0.25, 0.3) is 0 Å². The van der Waals surface area contributed by atoms with Crippen molar-refractivity contribution >= 4 is 14.5 Å².